The molecule has 0 aromatic carbocycles. The Hall–Kier alpha value is -1.58. The predicted molar refractivity (Wildman–Crippen MR) is 74.9 cm³/mol. The molecule has 1 amide bonds. The van der Waals surface area contributed by atoms with Gasteiger partial charge in [0.25, 0.3) is 5.91 Å². The fourth-order valence-electron chi connectivity index (χ4n) is 1.93. The van der Waals surface area contributed by atoms with Gasteiger partial charge in [0.05, 0.1) is 11.3 Å². The standard InChI is InChI=1S/C14H23N3O/c1-10-7-12(15-5)11(8-16-10)13(18)17(6)9-14(2,3)4/h7-8H,9H2,1-6H3,(H,15,16). The van der Waals surface area contributed by atoms with Crippen molar-refractivity contribution < 1.29 is 4.79 Å². The molecule has 1 rings (SSSR count). The summed E-state index contributed by atoms with van der Waals surface area (Å²) in [5.74, 6) is 0.00164. The zero-order valence-corrected chi connectivity index (χ0v) is 12.2. The summed E-state index contributed by atoms with van der Waals surface area (Å²) in [5, 5.41) is 3.05. The monoisotopic (exact) mass is 249 g/mol. The van der Waals surface area contributed by atoms with Crippen LogP contribution < -0.4 is 5.32 Å². The van der Waals surface area contributed by atoms with Crippen LogP contribution in [0.2, 0.25) is 0 Å². The summed E-state index contributed by atoms with van der Waals surface area (Å²) in [6, 6.07) is 1.89. The van der Waals surface area contributed by atoms with Gasteiger partial charge in [0, 0.05) is 32.5 Å². The van der Waals surface area contributed by atoms with Crippen molar-refractivity contribution in [3.63, 3.8) is 0 Å². The van der Waals surface area contributed by atoms with Gasteiger partial charge >= 0.3 is 0 Å². The molecule has 18 heavy (non-hydrogen) atoms. The number of hydrogen-bond donors (Lipinski definition) is 1. The number of rotatable bonds is 3. The number of amides is 1. The molecule has 0 atom stereocenters. The second-order valence-corrected chi connectivity index (χ2v) is 5.84. The molecule has 0 aliphatic carbocycles. The van der Waals surface area contributed by atoms with Crippen molar-refractivity contribution in [2.24, 2.45) is 5.41 Å². The van der Waals surface area contributed by atoms with Gasteiger partial charge in [-0.3, -0.25) is 9.78 Å². The van der Waals surface area contributed by atoms with Crippen molar-refractivity contribution in [1.29, 1.82) is 0 Å². The second-order valence-electron chi connectivity index (χ2n) is 5.84. The van der Waals surface area contributed by atoms with Crippen molar-refractivity contribution in [3.05, 3.63) is 23.5 Å². The first-order chi connectivity index (χ1) is 8.24. The van der Waals surface area contributed by atoms with Gasteiger partial charge in [-0.25, -0.2) is 0 Å². The maximum atomic E-state index is 12.4. The lowest BCUT2D eigenvalue weighted by Gasteiger charge is -2.27. The van der Waals surface area contributed by atoms with Crippen molar-refractivity contribution in [3.8, 4) is 0 Å². The number of carbonyl (C=O) groups excluding carboxylic acids is 1. The van der Waals surface area contributed by atoms with E-state index in [9.17, 15) is 4.79 Å². The van der Waals surface area contributed by atoms with Crippen LogP contribution in [0.1, 0.15) is 36.8 Å². The van der Waals surface area contributed by atoms with E-state index in [1.165, 1.54) is 0 Å². The highest BCUT2D eigenvalue weighted by molar-refractivity contribution is 5.99. The Morgan fingerprint density at radius 2 is 2.06 bits per heavy atom. The van der Waals surface area contributed by atoms with E-state index in [-0.39, 0.29) is 11.3 Å². The summed E-state index contributed by atoms with van der Waals surface area (Å²) in [6.07, 6.45) is 1.64. The number of aromatic nitrogens is 1. The molecular formula is C14H23N3O. The van der Waals surface area contributed by atoms with Crippen molar-refractivity contribution in [2.45, 2.75) is 27.7 Å². The van der Waals surface area contributed by atoms with Crippen LogP contribution in [-0.4, -0.2) is 36.4 Å². The zero-order chi connectivity index (χ0) is 13.9. The molecule has 100 valence electrons. The summed E-state index contributed by atoms with van der Waals surface area (Å²) in [7, 11) is 3.64. The lowest BCUT2D eigenvalue weighted by Crippen LogP contribution is -2.34. The minimum absolute atomic E-state index is 0.00164. The summed E-state index contributed by atoms with van der Waals surface area (Å²) in [5.41, 5.74) is 2.43. The molecule has 0 aliphatic rings. The molecule has 0 spiro atoms. The minimum atomic E-state index is 0.00164. The van der Waals surface area contributed by atoms with E-state index in [1.807, 2.05) is 27.1 Å². The first kappa shape index (κ1) is 14.5. The van der Waals surface area contributed by atoms with E-state index >= 15 is 0 Å². The molecular weight excluding hydrogens is 226 g/mol. The highest BCUT2D eigenvalue weighted by atomic mass is 16.2. The van der Waals surface area contributed by atoms with Crippen LogP contribution in [0.15, 0.2) is 12.3 Å². The quantitative estimate of drug-likeness (QED) is 0.895. The topological polar surface area (TPSA) is 45.2 Å². The molecule has 1 aromatic heterocycles. The molecule has 0 radical (unpaired) electrons. The Balaban J connectivity index is 2.96. The third-order valence-electron chi connectivity index (χ3n) is 2.60. The third-order valence-corrected chi connectivity index (χ3v) is 2.60. The fourth-order valence-corrected chi connectivity index (χ4v) is 1.93. The SMILES string of the molecule is CNc1cc(C)ncc1C(=O)N(C)CC(C)(C)C. The minimum Gasteiger partial charge on any atom is -0.387 e. The molecule has 0 unspecified atom stereocenters. The van der Waals surface area contributed by atoms with E-state index in [1.54, 1.807) is 11.1 Å². The maximum absolute atomic E-state index is 12.4. The van der Waals surface area contributed by atoms with Crippen molar-refractivity contribution in [2.75, 3.05) is 26.0 Å². The second kappa shape index (κ2) is 5.38. The number of anilines is 1. The van der Waals surface area contributed by atoms with E-state index in [4.69, 9.17) is 0 Å². The predicted octanol–water partition coefficient (Wildman–Crippen LogP) is 2.55. The molecule has 0 saturated heterocycles. The number of carbonyl (C=O) groups is 1. The van der Waals surface area contributed by atoms with Gasteiger partial charge in [-0.2, -0.15) is 0 Å². The van der Waals surface area contributed by atoms with Gasteiger partial charge in [-0.05, 0) is 18.4 Å². The van der Waals surface area contributed by atoms with Crippen LogP contribution >= 0.6 is 0 Å². The van der Waals surface area contributed by atoms with Gasteiger partial charge in [-0.15, -0.1) is 0 Å². The zero-order valence-electron chi connectivity index (χ0n) is 12.2. The molecule has 1 N–H and O–H groups in total. The van der Waals surface area contributed by atoms with Crippen LogP contribution in [0.25, 0.3) is 0 Å². The van der Waals surface area contributed by atoms with Gasteiger partial charge in [0.1, 0.15) is 0 Å². The van der Waals surface area contributed by atoms with Crippen LogP contribution in [0.3, 0.4) is 0 Å². The number of nitrogens with zero attached hydrogens (tertiary/aromatic N) is 2. The average Bonchev–Trinajstić information content (AvgIpc) is 2.25. The Morgan fingerprint density at radius 3 is 2.56 bits per heavy atom. The molecule has 0 fully saturated rings. The third kappa shape index (κ3) is 3.72. The molecule has 4 nitrogen and oxygen atoms in total. The molecule has 1 aromatic rings. The Bertz CT molecular complexity index is 435. The van der Waals surface area contributed by atoms with Crippen LogP contribution in [0, 0.1) is 12.3 Å². The molecule has 4 heteroatoms. The number of hydrogen-bond acceptors (Lipinski definition) is 3. The van der Waals surface area contributed by atoms with Gasteiger partial charge < -0.3 is 10.2 Å². The summed E-state index contributed by atoms with van der Waals surface area (Å²) < 4.78 is 0. The number of pyridine rings is 1. The van der Waals surface area contributed by atoms with Gasteiger partial charge in [0.2, 0.25) is 0 Å². The Labute approximate surface area is 109 Å². The van der Waals surface area contributed by atoms with Crippen molar-refractivity contribution in [1.82, 2.24) is 9.88 Å². The lowest BCUT2D eigenvalue weighted by atomic mass is 9.96. The number of nitrogens with one attached hydrogen (secondary N) is 1. The fraction of sp³-hybridized carbons (Fsp3) is 0.571. The van der Waals surface area contributed by atoms with E-state index in [0.29, 0.717) is 12.1 Å². The van der Waals surface area contributed by atoms with Gasteiger partial charge in [-0.1, -0.05) is 20.8 Å². The van der Waals surface area contributed by atoms with Crippen LogP contribution in [-0.2, 0) is 0 Å². The van der Waals surface area contributed by atoms with E-state index < -0.39 is 0 Å². The van der Waals surface area contributed by atoms with E-state index in [0.717, 1.165) is 11.4 Å². The van der Waals surface area contributed by atoms with Gasteiger partial charge in [0.15, 0.2) is 0 Å². The van der Waals surface area contributed by atoms with Crippen LogP contribution in [0.4, 0.5) is 5.69 Å². The largest absolute Gasteiger partial charge is 0.387 e. The Morgan fingerprint density at radius 1 is 1.44 bits per heavy atom. The normalized spacial score (nSPS) is 11.2. The highest BCUT2D eigenvalue weighted by Crippen LogP contribution is 2.20. The summed E-state index contributed by atoms with van der Waals surface area (Å²) in [4.78, 5) is 18.3. The Kier molecular flexibility index (Phi) is 4.33. The first-order valence-corrected chi connectivity index (χ1v) is 6.14. The molecule has 0 bridgehead atoms. The first-order valence-electron chi connectivity index (χ1n) is 6.14. The molecule has 0 saturated carbocycles. The van der Waals surface area contributed by atoms with Crippen molar-refractivity contribution >= 4 is 11.6 Å². The highest BCUT2D eigenvalue weighted by Gasteiger charge is 2.21. The summed E-state index contributed by atoms with van der Waals surface area (Å²) >= 11 is 0. The maximum Gasteiger partial charge on any atom is 0.257 e. The summed E-state index contributed by atoms with van der Waals surface area (Å²) in [6.45, 7) is 8.96. The van der Waals surface area contributed by atoms with E-state index in [2.05, 4.69) is 31.1 Å². The molecule has 1 heterocycles. The molecule has 0 aliphatic heterocycles. The number of aryl methyl sites for hydroxylation is 1. The lowest BCUT2D eigenvalue weighted by molar-refractivity contribution is 0.0746. The average molecular weight is 249 g/mol. The van der Waals surface area contributed by atoms with Crippen LogP contribution in [0.5, 0.6) is 0 Å². The smallest absolute Gasteiger partial charge is 0.257 e.